The second kappa shape index (κ2) is 7.54. The van der Waals surface area contributed by atoms with E-state index in [1.165, 1.54) is 22.9 Å². The van der Waals surface area contributed by atoms with Crippen molar-refractivity contribution in [3.63, 3.8) is 0 Å². The molecule has 0 bridgehead atoms. The molecule has 4 nitrogen and oxygen atoms in total. The number of nitrogens with zero attached hydrogens (tertiary/aromatic N) is 1. The third kappa shape index (κ3) is 3.38. The van der Waals surface area contributed by atoms with Gasteiger partial charge >= 0.3 is 6.03 Å². The van der Waals surface area contributed by atoms with Crippen molar-refractivity contribution < 1.29 is 4.79 Å². The highest BCUT2D eigenvalue weighted by Crippen LogP contribution is 2.25. The number of likely N-dealkylation sites (tertiary alicyclic amines) is 1. The zero-order valence-corrected chi connectivity index (χ0v) is 13.8. The largest absolute Gasteiger partial charge is 0.361 e. The molecule has 1 aliphatic heterocycles. The number of rotatable bonds is 3. The fourth-order valence-electron chi connectivity index (χ4n) is 3.29. The predicted molar refractivity (Wildman–Crippen MR) is 92.7 cm³/mol. The van der Waals surface area contributed by atoms with Crippen LogP contribution in [0.3, 0.4) is 0 Å². The highest BCUT2D eigenvalue weighted by atomic mass is 35.5. The summed E-state index contributed by atoms with van der Waals surface area (Å²) in [6.07, 6.45) is 6.44. The number of halogens is 1. The Labute approximate surface area is 137 Å². The van der Waals surface area contributed by atoms with Crippen molar-refractivity contribution in [2.24, 2.45) is 0 Å². The van der Waals surface area contributed by atoms with Gasteiger partial charge in [0.05, 0.1) is 0 Å². The maximum absolute atomic E-state index is 12.2. The van der Waals surface area contributed by atoms with Crippen LogP contribution in [0, 0.1) is 0 Å². The van der Waals surface area contributed by atoms with Gasteiger partial charge in [-0.05, 0) is 44.2 Å². The van der Waals surface area contributed by atoms with E-state index in [2.05, 4.69) is 34.7 Å². The van der Waals surface area contributed by atoms with Crippen LogP contribution in [-0.4, -0.2) is 35.0 Å². The van der Waals surface area contributed by atoms with E-state index in [1.54, 1.807) is 0 Å². The minimum Gasteiger partial charge on any atom is -0.361 e. The maximum Gasteiger partial charge on any atom is 0.317 e. The number of hydrogen-bond acceptors (Lipinski definition) is 1. The molecule has 1 aromatic heterocycles. The second-order valence-corrected chi connectivity index (χ2v) is 5.74. The van der Waals surface area contributed by atoms with E-state index >= 15 is 0 Å². The summed E-state index contributed by atoms with van der Waals surface area (Å²) in [5.74, 6) is 0. The van der Waals surface area contributed by atoms with Gasteiger partial charge in [-0.2, -0.15) is 0 Å². The van der Waals surface area contributed by atoms with E-state index in [-0.39, 0.29) is 18.4 Å². The molecule has 2 N–H and O–H groups in total. The number of benzene rings is 1. The van der Waals surface area contributed by atoms with Gasteiger partial charge in [0.2, 0.25) is 0 Å². The molecule has 3 rings (SSSR count). The average Bonchev–Trinajstić information content (AvgIpc) is 2.91. The van der Waals surface area contributed by atoms with Crippen LogP contribution in [0.15, 0.2) is 30.5 Å². The summed E-state index contributed by atoms with van der Waals surface area (Å²) >= 11 is 0. The van der Waals surface area contributed by atoms with Gasteiger partial charge < -0.3 is 15.2 Å². The second-order valence-electron chi connectivity index (χ2n) is 5.74. The number of H-pyrrole nitrogens is 1. The lowest BCUT2D eigenvalue weighted by atomic mass is 9.95. The topological polar surface area (TPSA) is 48.1 Å². The quantitative estimate of drug-likeness (QED) is 0.889. The molecule has 1 atom stereocenters. The molecule has 0 spiro atoms. The van der Waals surface area contributed by atoms with Crippen molar-refractivity contribution in [3.05, 3.63) is 36.0 Å². The lowest BCUT2D eigenvalue weighted by Crippen LogP contribution is -2.49. The summed E-state index contributed by atoms with van der Waals surface area (Å²) in [5.41, 5.74) is 2.49. The highest BCUT2D eigenvalue weighted by Gasteiger charge is 2.27. The van der Waals surface area contributed by atoms with Crippen molar-refractivity contribution >= 4 is 29.3 Å². The number of nitrogens with one attached hydrogen (secondary N) is 2. The molecular weight excluding hydrogens is 298 g/mol. The van der Waals surface area contributed by atoms with Crippen molar-refractivity contribution in [2.45, 2.75) is 38.6 Å². The molecule has 1 aliphatic rings. The molecule has 120 valence electrons. The van der Waals surface area contributed by atoms with E-state index < -0.39 is 0 Å². The molecule has 5 heteroatoms. The van der Waals surface area contributed by atoms with Gasteiger partial charge in [0.1, 0.15) is 0 Å². The Bertz CT molecular complexity index is 625. The zero-order valence-electron chi connectivity index (χ0n) is 13.0. The maximum atomic E-state index is 12.2. The molecule has 0 saturated carbocycles. The third-order valence-corrected chi connectivity index (χ3v) is 4.35. The van der Waals surface area contributed by atoms with E-state index in [9.17, 15) is 4.79 Å². The molecular formula is C17H24ClN3O. The third-order valence-electron chi connectivity index (χ3n) is 4.35. The predicted octanol–water partition coefficient (Wildman–Crippen LogP) is 3.72. The fraction of sp³-hybridized carbons (Fsp3) is 0.471. The van der Waals surface area contributed by atoms with Gasteiger partial charge in [-0.3, -0.25) is 0 Å². The zero-order chi connectivity index (χ0) is 14.7. The highest BCUT2D eigenvalue weighted by molar-refractivity contribution is 5.85. The molecule has 1 saturated heterocycles. The van der Waals surface area contributed by atoms with E-state index in [4.69, 9.17) is 0 Å². The lowest BCUT2D eigenvalue weighted by molar-refractivity contribution is 0.151. The van der Waals surface area contributed by atoms with Gasteiger partial charge in [0, 0.05) is 36.2 Å². The van der Waals surface area contributed by atoms with E-state index in [1.807, 2.05) is 17.9 Å². The van der Waals surface area contributed by atoms with Crippen molar-refractivity contribution in [1.82, 2.24) is 15.2 Å². The number of aromatic nitrogens is 1. The number of piperidine rings is 1. The van der Waals surface area contributed by atoms with Crippen LogP contribution in [0.25, 0.3) is 10.9 Å². The van der Waals surface area contributed by atoms with Gasteiger partial charge in [-0.1, -0.05) is 18.2 Å². The number of carbonyl (C=O) groups is 1. The lowest BCUT2D eigenvalue weighted by Gasteiger charge is -2.35. The van der Waals surface area contributed by atoms with Crippen LogP contribution in [0.1, 0.15) is 31.7 Å². The van der Waals surface area contributed by atoms with Crippen LogP contribution >= 0.6 is 12.4 Å². The smallest absolute Gasteiger partial charge is 0.317 e. The summed E-state index contributed by atoms with van der Waals surface area (Å²) in [6, 6.07) is 8.76. The van der Waals surface area contributed by atoms with E-state index in [0.717, 1.165) is 25.8 Å². The normalized spacial score (nSPS) is 18.0. The van der Waals surface area contributed by atoms with Crippen molar-refractivity contribution in [1.29, 1.82) is 0 Å². The van der Waals surface area contributed by atoms with Crippen molar-refractivity contribution in [2.75, 3.05) is 13.1 Å². The van der Waals surface area contributed by atoms with E-state index in [0.29, 0.717) is 12.6 Å². The number of urea groups is 1. The SMILES string of the molecule is CCNC(=O)N1CCCCC1Cc1c[nH]c2ccccc12.Cl. The summed E-state index contributed by atoms with van der Waals surface area (Å²) in [4.78, 5) is 17.6. The first-order valence-electron chi connectivity index (χ1n) is 7.89. The Hall–Kier alpha value is -1.68. The average molecular weight is 322 g/mol. The first-order valence-corrected chi connectivity index (χ1v) is 7.89. The number of aromatic amines is 1. The molecule has 1 aromatic carbocycles. The first-order chi connectivity index (χ1) is 10.3. The minimum absolute atomic E-state index is 0. The fourth-order valence-corrected chi connectivity index (χ4v) is 3.29. The molecule has 2 aromatic rings. The Morgan fingerprint density at radius 3 is 3.00 bits per heavy atom. The molecule has 2 heterocycles. The van der Waals surface area contributed by atoms with Crippen molar-refractivity contribution in [3.8, 4) is 0 Å². The summed E-state index contributed by atoms with van der Waals surface area (Å²) in [7, 11) is 0. The molecule has 2 amide bonds. The minimum atomic E-state index is 0. The Morgan fingerprint density at radius 1 is 1.36 bits per heavy atom. The molecule has 1 fully saturated rings. The van der Waals surface area contributed by atoms with Crippen LogP contribution in [0.4, 0.5) is 4.79 Å². The molecule has 22 heavy (non-hydrogen) atoms. The monoisotopic (exact) mass is 321 g/mol. The Balaban J connectivity index is 0.00000176. The summed E-state index contributed by atoms with van der Waals surface area (Å²) in [5, 5.41) is 4.22. The van der Waals surface area contributed by atoms with Gasteiger partial charge in [0.15, 0.2) is 0 Å². The summed E-state index contributed by atoms with van der Waals surface area (Å²) in [6.45, 7) is 3.53. The van der Waals surface area contributed by atoms with Gasteiger partial charge in [-0.25, -0.2) is 4.79 Å². The first kappa shape index (κ1) is 16.7. The molecule has 0 radical (unpaired) electrons. The number of carbonyl (C=O) groups excluding carboxylic acids is 1. The number of para-hydroxylation sites is 1. The van der Waals surface area contributed by atoms with Crippen LogP contribution in [0.5, 0.6) is 0 Å². The Kier molecular flexibility index (Phi) is 5.72. The van der Waals surface area contributed by atoms with Crippen LogP contribution in [-0.2, 0) is 6.42 Å². The number of amides is 2. The van der Waals surface area contributed by atoms with Gasteiger partial charge in [-0.15, -0.1) is 12.4 Å². The molecule has 0 aliphatic carbocycles. The standard InChI is InChI=1S/C17H23N3O.ClH/c1-2-18-17(21)20-10-6-5-7-14(20)11-13-12-19-16-9-4-3-8-15(13)16;/h3-4,8-9,12,14,19H,2,5-7,10-11H2,1H3,(H,18,21);1H. The summed E-state index contributed by atoms with van der Waals surface area (Å²) < 4.78 is 0. The van der Waals surface area contributed by atoms with Crippen LogP contribution in [0.2, 0.25) is 0 Å². The Morgan fingerprint density at radius 2 is 2.18 bits per heavy atom. The number of fused-ring (bicyclic) bond motifs is 1. The molecule has 1 unspecified atom stereocenters. The van der Waals surface area contributed by atoms with Gasteiger partial charge in [0.25, 0.3) is 0 Å². The number of hydrogen-bond donors (Lipinski definition) is 2. The van der Waals surface area contributed by atoms with Crippen LogP contribution < -0.4 is 5.32 Å².